The van der Waals surface area contributed by atoms with E-state index in [1.807, 2.05) is 0 Å². The number of likely N-dealkylation sites (tertiary alicyclic amines) is 1. The summed E-state index contributed by atoms with van der Waals surface area (Å²) in [6.45, 7) is 7.37. The van der Waals surface area contributed by atoms with Gasteiger partial charge >= 0.3 is 0 Å². The Morgan fingerprint density at radius 2 is 1.61 bits per heavy atom. The topological polar surface area (TPSA) is 79.5 Å². The Morgan fingerprint density at radius 3 is 2.29 bits per heavy atom. The number of aromatic nitrogens is 2. The molecular weight excluding hydrogens is 412 g/mol. The smallest absolute Gasteiger partial charge is 0.234 e. The molecule has 4 rings (SSSR count). The minimum atomic E-state index is -3.28. The molecule has 0 amide bonds. The van der Waals surface area contributed by atoms with E-state index in [0.717, 1.165) is 58.2 Å². The number of benzene rings is 1. The van der Waals surface area contributed by atoms with Crippen molar-refractivity contribution in [1.82, 2.24) is 19.4 Å². The molecule has 7 nitrogen and oxygen atoms in total. The Bertz CT molecular complexity index is 949. The summed E-state index contributed by atoms with van der Waals surface area (Å²) in [4.78, 5) is 2.48. The van der Waals surface area contributed by atoms with Crippen molar-refractivity contribution in [3.05, 3.63) is 47.2 Å². The number of piperidine rings is 2. The van der Waals surface area contributed by atoms with E-state index < -0.39 is 10.0 Å². The standard InChI is InChI=1S/C23H34N4O3S/c1-3-18-8-10-19(11-9-18)17-26-15-12-20(13-16-26)22-24-25-23(30-22)21-7-5-6-14-27(21)31(28,29)4-2/h8-11,20-21H,3-7,12-17H2,1-2H3/t21-/m1/s1. The van der Waals surface area contributed by atoms with Crippen LogP contribution in [0.4, 0.5) is 0 Å². The third-order valence-corrected chi connectivity index (χ3v) is 8.57. The van der Waals surface area contributed by atoms with E-state index in [9.17, 15) is 8.42 Å². The Kier molecular flexibility index (Phi) is 7.08. The highest BCUT2D eigenvalue weighted by Crippen LogP contribution is 2.35. The van der Waals surface area contributed by atoms with Gasteiger partial charge in [0.15, 0.2) is 0 Å². The van der Waals surface area contributed by atoms with Gasteiger partial charge in [0.2, 0.25) is 21.8 Å². The Labute approximate surface area is 185 Å². The fraction of sp³-hybridized carbons (Fsp3) is 0.652. The molecule has 0 radical (unpaired) electrons. The molecule has 2 saturated heterocycles. The highest BCUT2D eigenvalue weighted by Gasteiger charge is 2.36. The van der Waals surface area contributed by atoms with Crippen LogP contribution in [0.5, 0.6) is 0 Å². The molecule has 1 aromatic heterocycles. The molecular formula is C23H34N4O3S. The van der Waals surface area contributed by atoms with Crippen LogP contribution in [-0.4, -0.2) is 53.2 Å². The van der Waals surface area contributed by atoms with E-state index in [-0.39, 0.29) is 17.7 Å². The van der Waals surface area contributed by atoms with E-state index in [2.05, 4.69) is 46.3 Å². The fourth-order valence-electron chi connectivity index (χ4n) is 4.67. The van der Waals surface area contributed by atoms with Crippen molar-refractivity contribution in [3.8, 4) is 0 Å². The third kappa shape index (κ3) is 5.18. The number of aryl methyl sites for hydroxylation is 1. The highest BCUT2D eigenvalue weighted by molar-refractivity contribution is 7.89. The van der Waals surface area contributed by atoms with Crippen molar-refractivity contribution < 1.29 is 12.8 Å². The Morgan fingerprint density at radius 1 is 0.935 bits per heavy atom. The van der Waals surface area contributed by atoms with E-state index in [1.165, 1.54) is 11.1 Å². The molecule has 31 heavy (non-hydrogen) atoms. The van der Waals surface area contributed by atoms with Crippen LogP contribution >= 0.6 is 0 Å². The van der Waals surface area contributed by atoms with Crippen molar-refractivity contribution in [2.45, 2.75) is 70.9 Å². The van der Waals surface area contributed by atoms with Crippen LogP contribution in [0.3, 0.4) is 0 Å². The summed E-state index contributed by atoms with van der Waals surface area (Å²) in [6.07, 6.45) is 5.65. The molecule has 0 saturated carbocycles. The Balaban J connectivity index is 1.36. The van der Waals surface area contributed by atoms with Gasteiger partial charge in [-0.2, -0.15) is 4.31 Å². The van der Waals surface area contributed by atoms with Gasteiger partial charge in [-0.25, -0.2) is 8.42 Å². The SMILES string of the molecule is CCc1ccc(CN2CCC(c3nnc([C@H]4CCCCN4S(=O)(=O)CC)o3)CC2)cc1. The fourth-order valence-corrected chi connectivity index (χ4v) is 6.00. The molecule has 0 N–H and O–H groups in total. The van der Waals surface area contributed by atoms with Gasteiger partial charge < -0.3 is 4.42 Å². The van der Waals surface area contributed by atoms with Gasteiger partial charge in [-0.05, 0) is 63.2 Å². The van der Waals surface area contributed by atoms with Crippen molar-refractivity contribution in [2.24, 2.45) is 0 Å². The van der Waals surface area contributed by atoms with Gasteiger partial charge in [0.25, 0.3) is 0 Å². The molecule has 0 unspecified atom stereocenters. The molecule has 2 aromatic rings. The molecule has 2 aliphatic heterocycles. The quantitative estimate of drug-likeness (QED) is 0.642. The summed E-state index contributed by atoms with van der Waals surface area (Å²) in [7, 11) is -3.28. The summed E-state index contributed by atoms with van der Waals surface area (Å²) in [6, 6.07) is 8.58. The summed E-state index contributed by atoms with van der Waals surface area (Å²) < 4.78 is 32.6. The molecule has 3 heterocycles. The van der Waals surface area contributed by atoms with Crippen molar-refractivity contribution >= 4 is 10.0 Å². The zero-order chi connectivity index (χ0) is 21.8. The molecule has 0 spiro atoms. The first kappa shape index (κ1) is 22.4. The van der Waals surface area contributed by atoms with Crippen LogP contribution in [0, 0.1) is 0 Å². The van der Waals surface area contributed by atoms with Crippen LogP contribution in [0.15, 0.2) is 28.7 Å². The number of hydrogen-bond acceptors (Lipinski definition) is 6. The van der Waals surface area contributed by atoms with Gasteiger partial charge in [-0.3, -0.25) is 4.90 Å². The van der Waals surface area contributed by atoms with E-state index in [4.69, 9.17) is 4.42 Å². The van der Waals surface area contributed by atoms with Crippen molar-refractivity contribution in [2.75, 3.05) is 25.4 Å². The second kappa shape index (κ2) is 9.79. The maximum Gasteiger partial charge on any atom is 0.234 e. The second-order valence-electron chi connectivity index (χ2n) is 8.72. The predicted octanol–water partition coefficient (Wildman–Crippen LogP) is 3.89. The lowest BCUT2D eigenvalue weighted by Gasteiger charge is -2.32. The number of rotatable bonds is 7. The molecule has 8 heteroatoms. The first-order valence-electron chi connectivity index (χ1n) is 11.6. The molecule has 170 valence electrons. The first-order valence-corrected chi connectivity index (χ1v) is 13.2. The predicted molar refractivity (Wildman–Crippen MR) is 120 cm³/mol. The van der Waals surface area contributed by atoms with Gasteiger partial charge in [-0.15, -0.1) is 10.2 Å². The monoisotopic (exact) mass is 446 g/mol. The van der Waals surface area contributed by atoms with Crippen LogP contribution in [0.1, 0.15) is 80.8 Å². The number of hydrogen-bond donors (Lipinski definition) is 0. The summed E-state index contributed by atoms with van der Waals surface area (Å²) >= 11 is 0. The maximum atomic E-state index is 12.5. The molecule has 2 aliphatic rings. The largest absolute Gasteiger partial charge is 0.423 e. The lowest BCUT2D eigenvalue weighted by atomic mass is 9.96. The average Bonchev–Trinajstić information content (AvgIpc) is 3.30. The zero-order valence-electron chi connectivity index (χ0n) is 18.7. The molecule has 0 aliphatic carbocycles. The normalized spacial score (nSPS) is 22.1. The van der Waals surface area contributed by atoms with Gasteiger partial charge in [-0.1, -0.05) is 37.6 Å². The maximum absolute atomic E-state index is 12.5. The average molecular weight is 447 g/mol. The van der Waals surface area contributed by atoms with Crippen LogP contribution in [0.25, 0.3) is 0 Å². The lowest BCUT2D eigenvalue weighted by Crippen LogP contribution is -2.39. The minimum absolute atomic E-state index is 0.101. The molecule has 0 bridgehead atoms. The highest BCUT2D eigenvalue weighted by atomic mass is 32.2. The molecule has 1 atom stereocenters. The number of sulfonamides is 1. The summed E-state index contributed by atoms with van der Waals surface area (Å²) in [5.41, 5.74) is 2.73. The third-order valence-electron chi connectivity index (χ3n) is 6.69. The number of nitrogens with zero attached hydrogens (tertiary/aromatic N) is 4. The minimum Gasteiger partial charge on any atom is -0.423 e. The van der Waals surface area contributed by atoms with Crippen LogP contribution in [0.2, 0.25) is 0 Å². The van der Waals surface area contributed by atoms with E-state index in [0.29, 0.717) is 18.3 Å². The van der Waals surface area contributed by atoms with Crippen molar-refractivity contribution in [3.63, 3.8) is 0 Å². The lowest BCUT2D eigenvalue weighted by molar-refractivity contribution is 0.184. The van der Waals surface area contributed by atoms with E-state index in [1.54, 1.807) is 11.2 Å². The second-order valence-corrected chi connectivity index (χ2v) is 10.9. The first-order chi connectivity index (χ1) is 15.0. The van der Waals surface area contributed by atoms with Crippen molar-refractivity contribution in [1.29, 1.82) is 0 Å². The van der Waals surface area contributed by atoms with Gasteiger partial charge in [0.1, 0.15) is 6.04 Å². The molecule has 2 fully saturated rings. The van der Waals surface area contributed by atoms with E-state index >= 15 is 0 Å². The van der Waals surface area contributed by atoms with Crippen LogP contribution < -0.4 is 0 Å². The van der Waals surface area contributed by atoms with Crippen LogP contribution in [-0.2, 0) is 23.0 Å². The van der Waals surface area contributed by atoms with Gasteiger partial charge in [0.05, 0.1) is 5.75 Å². The molecule has 1 aromatic carbocycles. The summed E-state index contributed by atoms with van der Waals surface area (Å²) in [5, 5.41) is 8.61. The Hall–Kier alpha value is -1.77. The summed E-state index contributed by atoms with van der Waals surface area (Å²) in [5.74, 6) is 1.48. The zero-order valence-corrected chi connectivity index (χ0v) is 19.5. The van der Waals surface area contributed by atoms with Gasteiger partial charge in [0, 0.05) is 19.0 Å².